The molecular weight excluding hydrogens is 1020 g/mol. The molecule has 0 aromatic heterocycles. The Kier molecular flexibility index (Phi) is 66.7. The minimum Gasteiger partial charge on any atom is -0.462 e. The van der Waals surface area contributed by atoms with Gasteiger partial charge in [-0.25, -0.2) is 0 Å². The van der Waals surface area contributed by atoms with Gasteiger partial charge in [0.2, 0.25) is 0 Å². The Morgan fingerprint density at radius 3 is 0.747 bits per heavy atom. The quantitative estimate of drug-likeness (QED) is 0.0261. The zero-order valence-electron chi connectivity index (χ0n) is 54.4. The summed E-state index contributed by atoms with van der Waals surface area (Å²) >= 11 is 0. The van der Waals surface area contributed by atoms with Gasteiger partial charge in [-0.2, -0.15) is 0 Å². The third kappa shape index (κ3) is 68.5. The Morgan fingerprint density at radius 1 is 0.253 bits per heavy atom. The second kappa shape index (κ2) is 70.3. The fraction of sp³-hybridized carbons (Fsp3) is 0.701. The summed E-state index contributed by atoms with van der Waals surface area (Å²) < 4.78 is 17.0. The van der Waals surface area contributed by atoms with E-state index in [4.69, 9.17) is 14.2 Å². The van der Waals surface area contributed by atoms with E-state index in [0.29, 0.717) is 19.3 Å². The molecule has 0 heterocycles. The van der Waals surface area contributed by atoms with Crippen LogP contribution < -0.4 is 0 Å². The Bertz CT molecular complexity index is 1700. The molecule has 6 heteroatoms. The van der Waals surface area contributed by atoms with Gasteiger partial charge in [0.15, 0.2) is 6.10 Å². The van der Waals surface area contributed by atoms with Crippen molar-refractivity contribution in [2.45, 2.75) is 335 Å². The van der Waals surface area contributed by atoms with Crippen LogP contribution in [0.25, 0.3) is 0 Å². The van der Waals surface area contributed by atoms with Gasteiger partial charge in [-0.3, -0.25) is 14.4 Å². The van der Waals surface area contributed by atoms with Crippen molar-refractivity contribution in [2.24, 2.45) is 0 Å². The van der Waals surface area contributed by atoms with Crippen molar-refractivity contribution < 1.29 is 28.6 Å². The summed E-state index contributed by atoms with van der Waals surface area (Å²) in [6, 6.07) is 0. The molecule has 0 aliphatic rings. The van der Waals surface area contributed by atoms with E-state index in [-0.39, 0.29) is 31.1 Å². The van der Waals surface area contributed by atoms with E-state index in [0.717, 1.165) is 122 Å². The van der Waals surface area contributed by atoms with Gasteiger partial charge in [-0.05, 0) is 128 Å². The van der Waals surface area contributed by atoms with Crippen LogP contribution in [-0.2, 0) is 28.6 Å². The average molecular weight is 1150 g/mol. The molecule has 0 radical (unpaired) electrons. The number of rotatable bonds is 63. The second-order valence-electron chi connectivity index (χ2n) is 23.0. The summed E-state index contributed by atoms with van der Waals surface area (Å²) in [5.41, 5.74) is 0. The molecule has 1 unspecified atom stereocenters. The van der Waals surface area contributed by atoms with E-state index in [1.54, 1.807) is 0 Å². The first-order chi connectivity index (χ1) is 41.0. The summed E-state index contributed by atoms with van der Waals surface area (Å²) in [6.45, 7) is 6.43. The molecule has 0 aromatic rings. The Morgan fingerprint density at radius 2 is 0.470 bits per heavy atom. The van der Waals surface area contributed by atoms with E-state index >= 15 is 0 Å². The monoisotopic (exact) mass is 1150 g/mol. The second-order valence-corrected chi connectivity index (χ2v) is 23.0. The maximum absolute atomic E-state index is 12.9. The Balaban J connectivity index is 4.30. The molecule has 0 amide bonds. The predicted octanol–water partition coefficient (Wildman–Crippen LogP) is 24.3. The van der Waals surface area contributed by atoms with Crippen LogP contribution in [0.5, 0.6) is 0 Å². The van der Waals surface area contributed by atoms with Crippen molar-refractivity contribution >= 4 is 17.9 Å². The van der Waals surface area contributed by atoms with Crippen LogP contribution in [0.1, 0.15) is 329 Å². The smallest absolute Gasteiger partial charge is 0.306 e. The highest BCUT2D eigenvalue weighted by atomic mass is 16.6. The molecule has 0 aliphatic carbocycles. The third-order valence-electron chi connectivity index (χ3n) is 14.9. The number of carbonyl (C=O) groups is 3. The van der Waals surface area contributed by atoms with E-state index < -0.39 is 6.10 Å². The van der Waals surface area contributed by atoms with Crippen LogP contribution in [0.4, 0.5) is 0 Å². The van der Waals surface area contributed by atoms with E-state index in [1.165, 1.54) is 167 Å². The number of ether oxygens (including phenoxy) is 3. The van der Waals surface area contributed by atoms with Crippen LogP contribution >= 0.6 is 0 Å². The molecule has 0 bridgehead atoms. The maximum atomic E-state index is 12.9. The summed E-state index contributed by atoms with van der Waals surface area (Å²) in [4.78, 5) is 38.4. The molecule has 0 aliphatic heterocycles. The van der Waals surface area contributed by atoms with Crippen molar-refractivity contribution in [1.82, 2.24) is 0 Å². The van der Waals surface area contributed by atoms with Gasteiger partial charge in [0.05, 0.1) is 0 Å². The van der Waals surface area contributed by atoms with Crippen molar-refractivity contribution in [2.75, 3.05) is 13.2 Å². The van der Waals surface area contributed by atoms with E-state index in [2.05, 4.69) is 142 Å². The molecule has 0 saturated heterocycles. The maximum Gasteiger partial charge on any atom is 0.306 e. The van der Waals surface area contributed by atoms with Gasteiger partial charge in [-0.15, -0.1) is 0 Å². The number of hydrogen-bond acceptors (Lipinski definition) is 6. The summed E-state index contributed by atoms with van der Waals surface area (Å²) in [6.07, 6.45) is 97.9. The standard InChI is InChI=1S/C77H130O6/c1-4-7-10-13-16-19-22-25-28-31-32-33-34-35-36-37-38-39-40-41-42-43-44-47-49-52-55-58-61-64-67-70-76(79)82-73-74(83-77(80)71-68-65-62-59-56-53-50-46-30-27-24-21-18-15-12-9-6-3)72-81-75(78)69-66-63-60-57-54-51-48-45-29-26-23-20-17-14-11-8-5-2/h7,9-10,12,16,18-19,21,25-30,32-33,35-36,38-39,74H,4-6,8,11,13-15,17,20,22-24,31,34,37,40-73H2,1-3H3/b10-7-,12-9-,19-16-,21-18-,28-25-,29-26-,30-27-,33-32-,36-35-,39-38-. The molecule has 0 saturated carbocycles. The lowest BCUT2D eigenvalue weighted by molar-refractivity contribution is -0.167. The van der Waals surface area contributed by atoms with Crippen molar-refractivity contribution in [1.29, 1.82) is 0 Å². The number of carbonyl (C=O) groups excluding carboxylic acids is 3. The number of unbranched alkanes of at least 4 members (excludes halogenated alkanes) is 32. The molecule has 0 aromatic carbocycles. The van der Waals surface area contributed by atoms with Crippen LogP contribution in [0.3, 0.4) is 0 Å². The molecule has 6 nitrogen and oxygen atoms in total. The first-order valence-corrected chi connectivity index (χ1v) is 35.0. The Hall–Kier alpha value is -4.19. The van der Waals surface area contributed by atoms with Gasteiger partial charge in [0, 0.05) is 19.3 Å². The average Bonchev–Trinajstić information content (AvgIpc) is 3.49. The molecule has 0 rings (SSSR count). The van der Waals surface area contributed by atoms with Crippen LogP contribution in [0.2, 0.25) is 0 Å². The van der Waals surface area contributed by atoms with Crippen LogP contribution in [0.15, 0.2) is 122 Å². The number of hydrogen-bond donors (Lipinski definition) is 0. The van der Waals surface area contributed by atoms with E-state index in [1.807, 2.05) is 0 Å². The van der Waals surface area contributed by atoms with Crippen LogP contribution in [-0.4, -0.2) is 37.2 Å². The lowest BCUT2D eigenvalue weighted by Gasteiger charge is -2.18. The first-order valence-electron chi connectivity index (χ1n) is 35.0. The highest BCUT2D eigenvalue weighted by molar-refractivity contribution is 5.71. The summed E-state index contributed by atoms with van der Waals surface area (Å²) in [5, 5.41) is 0. The largest absolute Gasteiger partial charge is 0.462 e. The number of allylic oxidation sites excluding steroid dienone is 20. The third-order valence-corrected chi connectivity index (χ3v) is 14.9. The van der Waals surface area contributed by atoms with Crippen molar-refractivity contribution in [3.63, 3.8) is 0 Å². The first kappa shape index (κ1) is 78.8. The Labute approximate surface area is 513 Å². The normalized spacial score (nSPS) is 12.9. The molecule has 1 atom stereocenters. The summed E-state index contributed by atoms with van der Waals surface area (Å²) in [5.74, 6) is -0.889. The van der Waals surface area contributed by atoms with Crippen molar-refractivity contribution in [3.05, 3.63) is 122 Å². The molecule has 83 heavy (non-hydrogen) atoms. The predicted molar refractivity (Wildman–Crippen MR) is 362 cm³/mol. The highest BCUT2D eigenvalue weighted by Gasteiger charge is 2.19. The molecule has 0 N–H and O–H groups in total. The number of esters is 3. The SMILES string of the molecule is CC/C=C\C/C=C\C/C=C\C/C=C\C/C=C\C/C=C\CCCCCCCCCCCCCCC(=O)OCC(COC(=O)CCCCCCCCC/C=C\CCCCCCCC)OC(=O)CCCCCCCCC/C=C\C/C=C\C/C=C\CC. The zero-order chi connectivity index (χ0) is 59.9. The molecule has 0 spiro atoms. The van der Waals surface area contributed by atoms with Gasteiger partial charge in [-0.1, -0.05) is 303 Å². The highest BCUT2D eigenvalue weighted by Crippen LogP contribution is 2.17. The van der Waals surface area contributed by atoms with Gasteiger partial charge >= 0.3 is 17.9 Å². The molecule has 0 fully saturated rings. The van der Waals surface area contributed by atoms with Gasteiger partial charge in [0.25, 0.3) is 0 Å². The lowest BCUT2D eigenvalue weighted by Crippen LogP contribution is -2.30. The molecular formula is C77H130O6. The zero-order valence-corrected chi connectivity index (χ0v) is 54.4. The van der Waals surface area contributed by atoms with E-state index in [9.17, 15) is 14.4 Å². The van der Waals surface area contributed by atoms with Gasteiger partial charge < -0.3 is 14.2 Å². The fourth-order valence-electron chi connectivity index (χ4n) is 9.75. The topological polar surface area (TPSA) is 78.9 Å². The van der Waals surface area contributed by atoms with Gasteiger partial charge in [0.1, 0.15) is 13.2 Å². The minimum absolute atomic E-state index is 0.0845. The minimum atomic E-state index is -0.790. The lowest BCUT2D eigenvalue weighted by atomic mass is 10.0. The fourth-order valence-corrected chi connectivity index (χ4v) is 9.75. The van der Waals surface area contributed by atoms with Crippen molar-refractivity contribution in [3.8, 4) is 0 Å². The van der Waals surface area contributed by atoms with Crippen LogP contribution in [0, 0.1) is 0 Å². The molecule has 474 valence electrons. The summed E-state index contributed by atoms with van der Waals surface area (Å²) in [7, 11) is 0.